The second-order valence-electron chi connectivity index (χ2n) is 6.75. The van der Waals surface area contributed by atoms with Gasteiger partial charge < -0.3 is 10.0 Å². The van der Waals surface area contributed by atoms with Crippen LogP contribution in [-0.2, 0) is 9.59 Å². The van der Waals surface area contributed by atoms with Crippen molar-refractivity contribution in [1.29, 1.82) is 0 Å². The van der Waals surface area contributed by atoms with Crippen LogP contribution < -0.4 is 4.90 Å². The Morgan fingerprint density at radius 1 is 1.07 bits per heavy atom. The average Bonchev–Trinajstić information content (AvgIpc) is 3.12. The van der Waals surface area contributed by atoms with Crippen LogP contribution in [0.15, 0.2) is 59.7 Å². The molecule has 6 nitrogen and oxygen atoms in total. The maximum atomic E-state index is 12.6. The molecule has 27 heavy (non-hydrogen) atoms. The number of carboxylic acids is 1. The second kappa shape index (κ2) is 8.03. The van der Waals surface area contributed by atoms with Crippen LogP contribution >= 0.6 is 0 Å². The number of rotatable bonds is 6. The van der Waals surface area contributed by atoms with E-state index in [4.69, 9.17) is 5.11 Å². The molecule has 1 amide bonds. The van der Waals surface area contributed by atoms with E-state index in [1.54, 1.807) is 0 Å². The zero-order chi connectivity index (χ0) is 19.4. The zero-order valence-corrected chi connectivity index (χ0v) is 15.5. The maximum absolute atomic E-state index is 12.6. The van der Waals surface area contributed by atoms with E-state index in [0.717, 1.165) is 22.5 Å². The van der Waals surface area contributed by atoms with Crippen LogP contribution in [-0.4, -0.2) is 41.8 Å². The van der Waals surface area contributed by atoms with Crippen LogP contribution in [0.2, 0.25) is 0 Å². The molecular formula is C21H23N3O3. The Hall–Kier alpha value is -3.15. The van der Waals surface area contributed by atoms with Crippen molar-refractivity contribution in [2.24, 2.45) is 5.10 Å². The Kier molecular flexibility index (Phi) is 5.54. The highest BCUT2D eigenvalue weighted by atomic mass is 16.4. The molecule has 1 heterocycles. The van der Waals surface area contributed by atoms with Gasteiger partial charge in [0.25, 0.3) is 0 Å². The van der Waals surface area contributed by atoms with E-state index in [9.17, 15) is 9.59 Å². The number of anilines is 1. The summed E-state index contributed by atoms with van der Waals surface area (Å²) in [5.74, 6) is -1.26. The van der Waals surface area contributed by atoms with Gasteiger partial charge in [-0.25, -0.2) is 5.01 Å². The van der Waals surface area contributed by atoms with Crippen LogP contribution in [0.25, 0.3) is 0 Å². The van der Waals surface area contributed by atoms with Gasteiger partial charge in [0.1, 0.15) is 0 Å². The van der Waals surface area contributed by atoms with E-state index >= 15 is 0 Å². The first-order valence-corrected chi connectivity index (χ1v) is 8.89. The lowest BCUT2D eigenvalue weighted by Crippen LogP contribution is -2.27. The highest BCUT2D eigenvalue weighted by molar-refractivity contribution is 6.03. The number of nitrogens with zero attached hydrogens (tertiary/aromatic N) is 3. The van der Waals surface area contributed by atoms with Crippen LogP contribution in [0.4, 0.5) is 5.69 Å². The molecule has 0 saturated carbocycles. The number of aliphatic carboxylic acids is 1. The van der Waals surface area contributed by atoms with Crippen molar-refractivity contribution >= 4 is 23.3 Å². The number of hydrazone groups is 1. The predicted molar refractivity (Wildman–Crippen MR) is 105 cm³/mol. The van der Waals surface area contributed by atoms with Crippen molar-refractivity contribution in [3.05, 3.63) is 65.7 Å². The molecule has 2 aromatic carbocycles. The normalized spacial score (nSPS) is 16.1. The fourth-order valence-electron chi connectivity index (χ4n) is 3.13. The van der Waals surface area contributed by atoms with Gasteiger partial charge in [0.05, 0.1) is 18.2 Å². The molecule has 0 aliphatic carbocycles. The molecular weight excluding hydrogens is 342 g/mol. The summed E-state index contributed by atoms with van der Waals surface area (Å²) in [6, 6.07) is 17.5. The highest BCUT2D eigenvalue weighted by Crippen LogP contribution is 2.33. The number of carboxylic acid groups (broad SMARTS) is 1. The first-order valence-electron chi connectivity index (χ1n) is 8.89. The molecule has 1 N–H and O–H groups in total. The standard InChI is InChI=1S/C21H23N3O3/c1-23(2)17-10-8-15(9-11-17)18-14-19(16-6-4-3-5-7-16)24(22-18)20(25)12-13-21(26)27/h3-11,19H,12-14H2,1-2H3,(H,26,27)/t19-/m1/s1. The SMILES string of the molecule is CN(C)c1ccc(C2=NN(C(=O)CCC(=O)O)[C@@H](c3ccccc3)C2)cc1. The fourth-order valence-corrected chi connectivity index (χ4v) is 3.13. The second-order valence-corrected chi connectivity index (χ2v) is 6.75. The molecule has 0 aromatic heterocycles. The first-order chi connectivity index (χ1) is 13.0. The topological polar surface area (TPSA) is 73.2 Å². The molecule has 1 atom stereocenters. The van der Waals surface area contributed by atoms with E-state index in [2.05, 4.69) is 5.10 Å². The summed E-state index contributed by atoms with van der Waals surface area (Å²) in [6.07, 6.45) is 0.346. The van der Waals surface area contributed by atoms with Crippen LogP contribution in [0.3, 0.4) is 0 Å². The van der Waals surface area contributed by atoms with Gasteiger partial charge in [0.15, 0.2) is 0 Å². The van der Waals surface area contributed by atoms with E-state index in [1.165, 1.54) is 5.01 Å². The Morgan fingerprint density at radius 2 is 1.74 bits per heavy atom. The quantitative estimate of drug-likeness (QED) is 0.852. The van der Waals surface area contributed by atoms with Crippen LogP contribution in [0, 0.1) is 0 Å². The van der Waals surface area contributed by atoms with Gasteiger partial charge in [-0.2, -0.15) is 5.10 Å². The number of carbonyl (C=O) groups is 2. The smallest absolute Gasteiger partial charge is 0.303 e. The van der Waals surface area contributed by atoms with Gasteiger partial charge in [-0.15, -0.1) is 0 Å². The van der Waals surface area contributed by atoms with Gasteiger partial charge in [-0.3, -0.25) is 9.59 Å². The van der Waals surface area contributed by atoms with Gasteiger partial charge in [0, 0.05) is 32.6 Å². The van der Waals surface area contributed by atoms with Crippen LogP contribution in [0.1, 0.15) is 36.4 Å². The summed E-state index contributed by atoms with van der Waals surface area (Å²) < 4.78 is 0. The minimum Gasteiger partial charge on any atom is -0.481 e. The maximum Gasteiger partial charge on any atom is 0.303 e. The molecule has 0 saturated heterocycles. The van der Waals surface area contributed by atoms with E-state index in [0.29, 0.717) is 6.42 Å². The Morgan fingerprint density at radius 3 is 2.33 bits per heavy atom. The molecule has 0 fully saturated rings. The monoisotopic (exact) mass is 365 g/mol. The zero-order valence-electron chi connectivity index (χ0n) is 15.5. The molecule has 1 aliphatic heterocycles. The Labute approximate surface area is 158 Å². The summed E-state index contributed by atoms with van der Waals surface area (Å²) in [5, 5.41) is 14.9. The summed E-state index contributed by atoms with van der Waals surface area (Å²) >= 11 is 0. The largest absolute Gasteiger partial charge is 0.481 e. The molecule has 6 heteroatoms. The highest BCUT2D eigenvalue weighted by Gasteiger charge is 2.32. The predicted octanol–water partition coefficient (Wildman–Crippen LogP) is 3.30. The lowest BCUT2D eigenvalue weighted by atomic mass is 9.98. The summed E-state index contributed by atoms with van der Waals surface area (Å²) in [6.45, 7) is 0. The van der Waals surface area contributed by atoms with Crippen molar-refractivity contribution < 1.29 is 14.7 Å². The number of hydrogen-bond acceptors (Lipinski definition) is 4. The molecule has 0 unspecified atom stereocenters. The van der Waals surface area contributed by atoms with Crippen molar-refractivity contribution in [2.75, 3.05) is 19.0 Å². The van der Waals surface area contributed by atoms with Crippen molar-refractivity contribution in [2.45, 2.75) is 25.3 Å². The van der Waals surface area contributed by atoms with Gasteiger partial charge in [-0.1, -0.05) is 42.5 Å². The molecule has 3 rings (SSSR count). The van der Waals surface area contributed by atoms with Gasteiger partial charge >= 0.3 is 5.97 Å². The third-order valence-corrected chi connectivity index (χ3v) is 4.62. The minimum absolute atomic E-state index is 0.0605. The van der Waals surface area contributed by atoms with Crippen molar-refractivity contribution in [3.8, 4) is 0 Å². The lowest BCUT2D eigenvalue weighted by Gasteiger charge is -2.21. The lowest BCUT2D eigenvalue weighted by molar-refractivity contribution is -0.141. The number of carbonyl (C=O) groups excluding carboxylic acids is 1. The Balaban J connectivity index is 1.87. The average molecular weight is 365 g/mol. The molecule has 0 spiro atoms. The first kappa shape index (κ1) is 18.6. The summed E-state index contributed by atoms with van der Waals surface area (Å²) in [7, 11) is 3.97. The number of benzene rings is 2. The summed E-state index contributed by atoms with van der Waals surface area (Å²) in [4.78, 5) is 25.5. The Bertz CT molecular complexity index is 845. The third-order valence-electron chi connectivity index (χ3n) is 4.62. The number of amides is 1. The van der Waals surface area contributed by atoms with E-state index in [1.807, 2.05) is 73.6 Å². The van der Waals surface area contributed by atoms with E-state index in [-0.39, 0.29) is 24.8 Å². The number of hydrogen-bond donors (Lipinski definition) is 1. The van der Waals surface area contributed by atoms with Crippen LogP contribution in [0.5, 0.6) is 0 Å². The fraction of sp³-hybridized carbons (Fsp3) is 0.286. The van der Waals surface area contributed by atoms with Gasteiger partial charge in [-0.05, 0) is 23.3 Å². The molecule has 2 aromatic rings. The third kappa shape index (κ3) is 4.34. The minimum atomic E-state index is -0.984. The van der Waals surface area contributed by atoms with E-state index < -0.39 is 5.97 Å². The van der Waals surface area contributed by atoms with Crippen molar-refractivity contribution in [3.63, 3.8) is 0 Å². The molecule has 1 aliphatic rings. The molecule has 0 bridgehead atoms. The van der Waals surface area contributed by atoms with Crippen molar-refractivity contribution in [1.82, 2.24) is 5.01 Å². The summed E-state index contributed by atoms with van der Waals surface area (Å²) in [5.41, 5.74) is 3.88. The van der Waals surface area contributed by atoms with Gasteiger partial charge in [0.2, 0.25) is 5.91 Å². The molecule has 0 radical (unpaired) electrons. The molecule has 140 valence electrons.